The molecule has 0 bridgehead atoms. The quantitative estimate of drug-likeness (QED) is 0.0564. The number of carbonyl (C=O) groups is 2. The minimum Gasteiger partial charge on any atom is -0.462 e. The fourth-order valence-electron chi connectivity index (χ4n) is 5.37. The van der Waals surface area contributed by atoms with Crippen LogP contribution in [0, 0.1) is 0 Å². The van der Waals surface area contributed by atoms with Crippen LogP contribution in [0.3, 0.4) is 0 Å². The van der Waals surface area contributed by atoms with Crippen LogP contribution in [0.4, 0.5) is 8.78 Å². The molecular formula is C38H46F2N2O4S. The standard InChI is InChI=1S/C38H46F2N2O4S/c1-4-6-8-9-10-12-13-27-15-17-28(18-16-27)35-41-42-36(47-35)38(44)46-32-22-21-30-23-29(19-20-31(30)24-32)26(3)37(43)45-25-34(40)33(39)14-11-7-5-2/h15-24,26,33-34H,4-14,25H2,1-3H3/t26-,33+,34+/m0/s1. The second kappa shape index (κ2) is 18.6. The van der Waals surface area contributed by atoms with Gasteiger partial charge in [-0.05, 0) is 60.2 Å². The first-order chi connectivity index (χ1) is 22.8. The number of benzene rings is 3. The molecule has 0 spiro atoms. The topological polar surface area (TPSA) is 78.4 Å². The summed E-state index contributed by atoms with van der Waals surface area (Å²) in [6.07, 6.45) is 7.70. The molecule has 6 nitrogen and oxygen atoms in total. The number of nitrogens with zero attached hydrogens (tertiary/aromatic N) is 2. The van der Waals surface area contributed by atoms with Crippen molar-refractivity contribution >= 4 is 34.0 Å². The number of aromatic nitrogens is 2. The van der Waals surface area contributed by atoms with Crippen LogP contribution in [0.25, 0.3) is 21.3 Å². The van der Waals surface area contributed by atoms with Crippen LogP contribution in [-0.4, -0.2) is 41.1 Å². The third-order valence-electron chi connectivity index (χ3n) is 8.38. The van der Waals surface area contributed by atoms with Gasteiger partial charge in [0.2, 0.25) is 5.01 Å². The fraction of sp³-hybridized carbons (Fsp3) is 0.474. The lowest BCUT2D eigenvalue weighted by molar-refractivity contribution is -0.147. The van der Waals surface area contributed by atoms with E-state index in [0.29, 0.717) is 22.7 Å². The summed E-state index contributed by atoms with van der Waals surface area (Å²) in [6, 6.07) is 18.9. The van der Waals surface area contributed by atoms with Crippen molar-refractivity contribution in [3.8, 4) is 16.3 Å². The molecule has 0 amide bonds. The van der Waals surface area contributed by atoms with Crippen molar-refractivity contribution in [3.63, 3.8) is 0 Å². The zero-order valence-electron chi connectivity index (χ0n) is 27.7. The average molecular weight is 665 g/mol. The smallest absolute Gasteiger partial charge is 0.374 e. The van der Waals surface area contributed by atoms with Gasteiger partial charge in [0.05, 0.1) is 5.92 Å². The molecule has 1 aromatic heterocycles. The Labute approximate surface area is 280 Å². The first-order valence-electron chi connectivity index (χ1n) is 16.9. The summed E-state index contributed by atoms with van der Waals surface area (Å²) >= 11 is 1.19. The molecule has 4 rings (SSSR count). The largest absolute Gasteiger partial charge is 0.462 e. The number of esters is 2. The molecule has 3 aromatic carbocycles. The number of halogens is 2. The zero-order valence-corrected chi connectivity index (χ0v) is 28.5. The maximum Gasteiger partial charge on any atom is 0.374 e. The van der Waals surface area contributed by atoms with E-state index in [4.69, 9.17) is 9.47 Å². The van der Waals surface area contributed by atoms with Gasteiger partial charge in [-0.15, -0.1) is 10.2 Å². The number of hydrogen-bond acceptors (Lipinski definition) is 7. The number of ether oxygens (including phenoxy) is 2. The van der Waals surface area contributed by atoms with Crippen LogP contribution < -0.4 is 4.74 Å². The molecule has 3 atom stereocenters. The highest BCUT2D eigenvalue weighted by atomic mass is 32.1. The average Bonchev–Trinajstić information content (AvgIpc) is 3.59. The predicted molar refractivity (Wildman–Crippen MR) is 185 cm³/mol. The summed E-state index contributed by atoms with van der Waals surface area (Å²) in [7, 11) is 0. The van der Waals surface area contributed by atoms with E-state index in [9.17, 15) is 18.4 Å². The van der Waals surface area contributed by atoms with Crippen LogP contribution in [0.1, 0.15) is 112 Å². The van der Waals surface area contributed by atoms with Crippen molar-refractivity contribution in [2.24, 2.45) is 0 Å². The van der Waals surface area contributed by atoms with Gasteiger partial charge >= 0.3 is 11.9 Å². The maximum atomic E-state index is 14.2. The van der Waals surface area contributed by atoms with Crippen LogP contribution in [0.15, 0.2) is 60.7 Å². The molecular weight excluding hydrogens is 618 g/mol. The van der Waals surface area contributed by atoms with Crippen LogP contribution in [-0.2, 0) is 16.0 Å². The molecule has 0 saturated heterocycles. The third-order valence-corrected chi connectivity index (χ3v) is 9.33. The van der Waals surface area contributed by atoms with Gasteiger partial charge in [0.1, 0.15) is 23.5 Å². The molecule has 0 aliphatic heterocycles. The van der Waals surface area contributed by atoms with E-state index in [1.807, 2.05) is 31.2 Å². The molecule has 0 saturated carbocycles. The Balaban J connectivity index is 1.29. The highest BCUT2D eigenvalue weighted by Crippen LogP contribution is 2.28. The third kappa shape index (κ3) is 10.9. The normalized spacial score (nSPS) is 13.3. The SMILES string of the molecule is CCCCCCCCc1ccc(-c2nnc(C(=O)Oc3ccc4cc([C@H](C)C(=O)OC[C@@H](F)[C@H](F)CCCCC)ccc4c3)s2)cc1. The van der Waals surface area contributed by atoms with E-state index in [0.717, 1.165) is 35.6 Å². The molecule has 0 aliphatic rings. The lowest BCUT2D eigenvalue weighted by atomic mass is 9.98. The summed E-state index contributed by atoms with van der Waals surface area (Å²) < 4.78 is 38.9. The lowest BCUT2D eigenvalue weighted by Crippen LogP contribution is -2.26. The van der Waals surface area contributed by atoms with Crippen molar-refractivity contribution in [2.45, 2.75) is 110 Å². The first-order valence-corrected chi connectivity index (χ1v) is 17.7. The van der Waals surface area contributed by atoms with E-state index < -0.39 is 36.8 Å². The van der Waals surface area contributed by atoms with Gasteiger partial charge in [-0.25, -0.2) is 13.6 Å². The van der Waals surface area contributed by atoms with Crippen molar-refractivity contribution < 1.29 is 27.8 Å². The summed E-state index contributed by atoms with van der Waals surface area (Å²) in [5.74, 6) is -1.51. The van der Waals surface area contributed by atoms with Gasteiger partial charge in [-0.2, -0.15) is 0 Å². The monoisotopic (exact) mass is 664 g/mol. The number of carbonyl (C=O) groups excluding carboxylic acids is 2. The summed E-state index contributed by atoms with van der Waals surface area (Å²) in [5, 5.41) is 10.7. The Hall–Kier alpha value is -3.72. The number of unbranched alkanes of at least 4 members (excludes halogenated alkanes) is 7. The van der Waals surface area contributed by atoms with E-state index in [2.05, 4.69) is 29.3 Å². The van der Waals surface area contributed by atoms with Gasteiger partial charge < -0.3 is 9.47 Å². The molecule has 0 radical (unpaired) electrons. The molecule has 9 heteroatoms. The highest BCUT2D eigenvalue weighted by Gasteiger charge is 2.24. The van der Waals surface area contributed by atoms with Crippen molar-refractivity contribution in [3.05, 3.63) is 76.8 Å². The molecule has 0 N–H and O–H groups in total. The van der Waals surface area contributed by atoms with E-state index in [1.54, 1.807) is 31.2 Å². The maximum absolute atomic E-state index is 14.2. The minimum atomic E-state index is -1.83. The van der Waals surface area contributed by atoms with Crippen molar-refractivity contribution in [1.82, 2.24) is 10.2 Å². The highest BCUT2D eigenvalue weighted by molar-refractivity contribution is 7.16. The Morgan fingerprint density at radius 1 is 0.787 bits per heavy atom. The Morgan fingerprint density at radius 3 is 2.23 bits per heavy atom. The van der Waals surface area contributed by atoms with Gasteiger partial charge in [0.15, 0.2) is 6.17 Å². The summed E-state index contributed by atoms with van der Waals surface area (Å²) in [6.45, 7) is 5.30. The molecule has 4 aromatic rings. The van der Waals surface area contributed by atoms with Crippen LogP contribution in [0.5, 0.6) is 5.75 Å². The lowest BCUT2D eigenvalue weighted by Gasteiger charge is -2.16. The Morgan fingerprint density at radius 2 is 1.47 bits per heavy atom. The van der Waals surface area contributed by atoms with Crippen molar-refractivity contribution in [2.75, 3.05) is 6.61 Å². The molecule has 47 heavy (non-hydrogen) atoms. The molecule has 0 aliphatic carbocycles. The van der Waals surface area contributed by atoms with E-state index >= 15 is 0 Å². The number of rotatable bonds is 19. The van der Waals surface area contributed by atoms with E-state index in [-0.39, 0.29) is 11.4 Å². The molecule has 0 fully saturated rings. The van der Waals surface area contributed by atoms with Gasteiger partial charge in [0, 0.05) is 5.56 Å². The van der Waals surface area contributed by atoms with Crippen molar-refractivity contribution in [1.29, 1.82) is 0 Å². The summed E-state index contributed by atoms with van der Waals surface area (Å²) in [5.41, 5.74) is 2.88. The minimum absolute atomic E-state index is 0.125. The first kappa shape index (κ1) is 36.1. The Kier molecular flexibility index (Phi) is 14.3. The fourth-order valence-corrected chi connectivity index (χ4v) is 6.09. The molecule has 1 heterocycles. The summed E-state index contributed by atoms with van der Waals surface area (Å²) in [4.78, 5) is 25.5. The molecule has 0 unspecified atom stereocenters. The second-order valence-corrected chi connectivity index (χ2v) is 13.1. The van der Waals surface area contributed by atoms with Crippen LogP contribution in [0.2, 0.25) is 0 Å². The van der Waals surface area contributed by atoms with Gasteiger partial charge in [0.25, 0.3) is 0 Å². The zero-order chi connectivity index (χ0) is 33.6. The number of fused-ring (bicyclic) bond motifs is 1. The molecule has 252 valence electrons. The number of alkyl halides is 2. The van der Waals surface area contributed by atoms with E-state index in [1.165, 1.54) is 55.4 Å². The van der Waals surface area contributed by atoms with Gasteiger partial charge in [-0.1, -0.05) is 125 Å². The number of aryl methyl sites for hydroxylation is 1. The Bertz CT molecular complexity index is 1580. The van der Waals surface area contributed by atoms with Gasteiger partial charge in [-0.3, -0.25) is 4.79 Å². The van der Waals surface area contributed by atoms with Crippen LogP contribution >= 0.6 is 11.3 Å². The number of hydrogen-bond donors (Lipinski definition) is 0. The second-order valence-electron chi connectivity index (χ2n) is 12.2. The predicted octanol–water partition coefficient (Wildman–Crippen LogP) is 10.4.